The second-order valence-electron chi connectivity index (χ2n) is 6.00. The maximum atomic E-state index is 12.0. The van der Waals surface area contributed by atoms with Gasteiger partial charge in [0.1, 0.15) is 0 Å². The number of amides is 1. The molecule has 132 valence electrons. The van der Waals surface area contributed by atoms with Gasteiger partial charge in [-0.1, -0.05) is 43.2 Å². The fourth-order valence-electron chi connectivity index (χ4n) is 2.24. The Morgan fingerprint density at radius 1 is 1.08 bits per heavy atom. The molecule has 0 bridgehead atoms. The first kappa shape index (κ1) is 18.5. The van der Waals surface area contributed by atoms with Crippen molar-refractivity contribution in [1.82, 2.24) is 5.32 Å². The van der Waals surface area contributed by atoms with Crippen molar-refractivity contribution in [3.63, 3.8) is 0 Å². The van der Waals surface area contributed by atoms with Crippen LogP contribution in [-0.4, -0.2) is 18.4 Å². The predicted octanol–water partition coefficient (Wildman–Crippen LogP) is 3.45. The first-order valence-corrected chi connectivity index (χ1v) is 8.59. The molecule has 2 aromatic carbocycles. The number of guanidine groups is 1. The number of nitrogens with two attached hydrogens (primary N) is 1. The average Bonchev–Trinajstić information content (AvgIpc) is 2.62. The van der Waals surface area contributed by atoms with Crippen LogP contribution in [-0.2, 0) is 6.54 Å². The van der Waals surface area contributed by atoms with E-state index >= 15 is 0 Å². The number of aliphatic imine (C=N–C) groups is 1. The highest BCUT2D eigenvalue weighted by atomic mass is 16.1. The fraction of sp³-hybridized carbons (Fsp3) is 0.300. The van der Waals surface area contributed by atoms with Crippen LogP contribution in [0.2, 0.25) is 0 Å². The number of anilines is 1. The van der Waals surface area contributed by atoms with Gasteiger partial charge in [0, 0.05) is 17.8 Å². The third-order valence-corrected chi connectivity index (χ3v) is 3.79. The number of nitrogens with zero attached hydrogens (tertiary/aromatic N) is 1. The van der Waals surface area contributed by atoms with Crippen LogP contribution in [0.15, 0.2) is 53.5 Å². The number of carbonyl (C=O) groups excluding carboxylic acids is 1. The highest BCUT2D eigenvalue weighted by Gasteiger charge is 2.04. The molecule has 5 heteroatoms. The minimum Gasteiger partial charge on any atom is -0.370 e. The monoisotopic (exact) mass is 338 g/mol. The molecule has 0 saturated carbocycles. The first-order chi connectivity index (χ1) is 12.1. The van der Waals surface area contributed by atoms with Crippen molar-refractivity contribution in [2.24, 2.45) is 10.7 Å². The van der Waals surface area contributed by atoms with Crippen LogP contribution >= 0.6 is 0 Å². The van der Waals surface area contributed by atoms with Crippen LogP contribution in [0.5, 0.6) is 0 Å². The van der Waals surface area contributed by atoms with E-state index in [2.05, 4.69) is 22.5 Å². The van der Waals surface area contributed by atoms with Crippen molar-refractivity contribution in [3.05, 3.63) is 65.2 Å². The van der Waals surface area contributed by atoms with Crippen molar-refractivity contribution in [2.45, 2.75) is 33.2 Å². The molecule has 4 N–H and O–H groups in total. The predicted molar refractivity (Wildman–Crippen MR) is 104 cm³/mol. The lowest BCUT2D eigenvalue weighted by Crippen LogP contribution is -2.24. The molecule has 0 saturated heterocycles. The summed E-state index contributed by atoms with van der Waals surface area (Å²) in [6, 6.07) is 15.4. The van der Waals surface area contributed by atoms with Crippen molar-refractivity contribution in [2.75, 3.05) is 11.9 Å². The van der Waals surface area contributed by atoms with E-state index in [1.807, 2.05) is 55.5 Å². The zero-order chi connectivity index (χ0) is 18.1. The van der Waals surface area contributed by atoms with E-state index < -0.39 is 0 Å². The van der Waals surface area contributed by atoms with Gasteiger partial charge in [0.05, 0.1) is 6.54 Å². The Morgan fingerprint density at radius 3 is 2.40 bits per heavy atom. The number of nitrogens with one attached hydrogen (secondary N) is 2. The van der Waals surface area contributed by atoms with E-state index in [1.165, 1.54) is 5.56 Å². The first-order valence-electron chi connectivity index (χ1n) is 8.59. The summed E-state index contributed by atoms with van der Waals surface area (Å²) < 4.78 is 0. The van der Waals surface area contributed by atoms with Gasteiger partial charge in [-0.3, -0.25) is 4.79 Å². The van der Waals surface area contributed by atoms with E-state index in [4.69, 9.17) is 5.73 Å². The number of aryl methyl sites for hydroxylation is 1. The Balaban J connectivity index is 1.87. The fourth-order valence-corrected chi connectivity index (χ4v) is 2.24. The zero-order valence-corrected chi connectivity index (χ0v) is 14.9. The van der Waals surface area contributed by atoms with Gasteiger partial charge in [-0.05, 0) is 43.2 Å². The molecule has 0 atom stereocenters. The summed E-state index contributed by atoms with van der Waals surface area (Å²) >= 11 is 0. The molecule has 0 unspecified atom stereocenters. The van der Waals surface area contributed by atoms with Gasteiger partial charge in [0.15, 0.2) is 5.96 Å². The highest BCUT2D eigenvalue weighted by molar-refractivity contribution is 5.94. The molecular formula is C20H26N4O. The Labute approximate surface area is 149 Å². The van der Waals surface area contributed by atoms with Gasteiger partial charge in [-0.2, -0.15) is 0 Å². The zero-order valence-electron chi connectivity index (χ0n) is 14.9. The second kappa shape index (κ2) is 9.47. The molecule has 5 nitrogen and oxygen atoms in total. The van der Waals surface area contributed by atoms with E-state index in [0.717, 1.165) is 24.1 Å². The smallest absolute Gasteiger partial charge is 0.251 e. The Morgan fingerprint density at radius 2 is 1.76 bits per heavy atom. The van der Waals surface area contributed by atoms with Gasteiger partial charge in [-0.15, -0.1) is 0 Å². The second-order valence-corrected chi connectivity index (χ2v) is 6.00. The minimum absolute atomic E-state index is 0.0379. The van der Waals surface area contributed by atoms with Crippen LogP contribution in [0.4, 0.5) is 5.69 Å². The average molecular weight is 338 g/mol. The maximum absolute atomic E-state index is 12.0. The molecule has 0 aliphatic heterocycles. The number of hydrogen-bond donors (Lipinski definition) is 3. The Hall–Kier alpha value is -2.82. The van der Waals surface area contributed by atoms with Crippen molar-refractivity contribution >= 4 is 17.6 Å². The van der Waals surface area contributed by atoms with Crippen LogP contribution in [0.3, 0.4) is 0 Å². The van der Waals surface area contributed by atoms with Crippen LogP contribution in [0.25, 0.3) is 0 Å². The lowest BCUT2D eigenvalue weighted by Gasteiger charge is -2.07. The molecule has 0 aliphatic rings. The Kier molecular flexibility index (Phi) is 7.01. The quantitative estimate of drug-likeness (QED) is 0.411. The molecule has 0 spiro atoms. The summed E-state index contributed by atoms with van der Waals surface area (Å²) in [4.78, 5) is 16.3. The summed E-state index contributed by atoms with van der Waals surface area (Å²) in [5, 5.41) is 5.97. The molecule has 1 amide bonds. The lowest BCUT2D eigenvalue weighted by molar-refractivity contribution is 0.0953. The molecular weight excluding hydrogens is 312 g/mol. The molecule has 0 radical (unpaired) electrons. The van der Waals surface area contributed by atoms with Crippen molar-refractivity contribution < 1.29 is 4.79 Å². The normalized spacial score (nSPS) is 11.2. The summed E-state index contributed by atoms with van der Waals surface area (Å²) in [6.07, 6.45) is 2.06. The number of hydrogen-bond acceptors (Lipinski definition) is 2. The van der Waals surface area contributed by atoms with Gasteiger partial charge < -0.3 is 16.4 Å². The number of rotatable bonds is 7. The standard InChI is InChI=1S/C20H26N4O/c1-3-4-13-22-19(25)17-9-7-16(8-10-17)14-23-20(21)24-18-11-5-15(2)6-12-18/h5-12H,3-4,13-14H2,1-2H3,(H,22,25)(H3,21,23,24). The summed E-state index contributed by atoms with van der Waals surface area (Å²) in [5.74, 6) is 0.328. The van der Waals surface area contributed by atoms with Gasteiger partial charge >= 0.3 is 0 Å². The maximum Gasteiger partial charge on any atom is 0.251 e. The third-order valence-electron chi connectivity index (χ3n) is 3.79. The van der Waals surface area contributed by atoms with Crippen LogP contribution < -0.4 is 16.4 Å². The number of benzene rings is 2. The van der Waals surface area contributed by atoms with E-state index in [1.54, 1.807) is 0 Å². The van der Waals surface area contributed by atoms with Crippen LogP contribution in [0, 0.1) is 6.92 Å². The SMILES string of the molecule is CCCCNC(=O)c1ccc(CN=C(N)Nc2ccc(C)cc2)cc1. The summed E-state index contributed by atoms with van der Waals surface area (Å²) in [6.45, 7) is 5.31. The molecule has 25 heavy (non-hydrogen) atoms. The minimum atomic E-state index is -0.0379. The largest absolute Gasteiger partial charge is 0.370 e. The van der Waals surface area contributed by atoms with Gasteiger partial charge in [0.25, 0.3) is 5.91 Å². The lowest BCUT2D eigenvalue weighted by atomic mass is 10.1. The molecule has 0 fully saturated rings. The molecule has 2 aromatic rings. The molecule has 0 aliphatic carbocycles. The summed E-state index contributed by atoms with van der Waals surface area (Å²) in [5.41, 5.74) is 9.68. The van der Waals surface area contributed by atoms with E-state index in [0.29, 0.717) is 24.6 Å². The molecule has 0 heterocycles. The molecule has 0 aromatic heterocycles. The van der Waals surface area contributed by atoms with E-state index in [-0.39, 0.29) is 5.91 Å². The number of carbonyl (C=O) groups is 1. The van der Waals surface area contributed by atoms with Crippen molar-refractivity contribution in [1.29, 1.82) is 0 Å². The van der Waals surface area contributed by atoms with Crippen molar-refractivity contribution in [3.8, 4) is 0 Å². The third kappa shape index (κ3) is 6.30. The summed E-state index contributed by atoms with van der Waals surface area (Å²) in [7, 11) is 0. The van der Waals surface area contributed by atoms with Crippen LogP contribution in [0.1, 0.15) is 41.3 Å². The Bertz CT molecular complexity index is 705. The van der Waals surface area contributed by atoms with E-state index in [9.17, 15) is 4.79 Å². The molecule has 2 rings (SSSR count). The van der Waals surface area contributed by atoms with Gasteiger partial charge in [-0.25, -0.2) is 4.99 Å². The number of unbranched alkanes of at least 4 members (excludes halogenated alkanes) is 1. The highest BCUT2D eigenvalue weighted by Crippen LogP contribution is 2.09. The topological polar surface area (TPSA) is 79.5 Å². The van der Waals surface area contributed by atoms with Gasteiger partial charge in [0.2, 0.25) is 0 Å².